The van der Waals surface area contributed by atoms with Crippen LogP contribution >= 0.6 is 0 Å². The topological polar surface area (TPSA) is 83.7 Å². The lowest BCUT2D eigenvalue weighted by Crippen LogP contribution is -2.50. The molecule has 6 nitrogen and oxygen atoms in total. The van der Waals surface area contributed by atoms with E-state index in [-0.39, 0.29) is 23.7 Å². The molecule has 19 heavy (non-hydrogen) atoms. The van der Waals surface area contributed by atoms with Gasteiger partial charge in [0.05, 0.1) is 5.92 Å². The molecule has 1 aliphatic heterocycles. The van der Waals surface area contributed by atoms with Gasteiger partial charge in [-0.3, -0.25) is 14.4 Å². The van der Waals surface area contributed by atoms with Crippen molar-refractivity contribution in [2.45, 2.75) is 33.2 Å². The summed E-state index contributed by atoms with van der Waals surface area (Å²) in [6.07, 6.45) is 0.645. The monoisotopic (exact) mass is 269 g/mol. The molecule has 2 N–H and O–H groups in total. The molecule has 0 aromatic carbocycles. The summed E-state index contributed by atoms with van der Waals surface area (Å²) < 4.78 is 0. The van der Waals surface area contributed by atoms with Crippen LogP contribution in [-0.2, 0) is 14.4 Å². The number of nitrogens with zero attached hydrogens (tertiary/aromatic N) is 2. The zero-order valence-corrected chi connectivity index (χ0v) is 12.0. The van der Waals surface area contributed by atoms with Crippen molar-refractivity contribution in [1.29, 1.82) is 0 Å². The highest BCUT2D eigenvalue weighted by Crippen LogP contribution is 2.20. The number of carbonyl (C=O) groups is 3. The van der Waals surface area contributed by atoms with Gasteiger partial charge in [-0.05, 0) is 12.3 Å². The molecule has 0 radical (unpaired) electrons. The normalized spacial score (nSPS) is 20.5. The molecule has 3 amide bonds. The molecule has 0 aromatic heterocycles. The number of nitrogens with two attached hydrogens (primary N) is 1. The summed E-state index contributed by atoms with van der Waals surface area (Å²) in [5.41, 5.74) is 5.35. The summed E-state index contributed by atoms with van der Waals surface area (Å²) in [4.78, 5) is 38.1. The summed E-state index contributed by atoms with van der Waals surface area (Å²) >= 11 is 0. The molecule has 0 aliphatic carbocycles. The Morgan fingerprint density at radius 3 is 2.26 bits per heavy atom. The van der Waals surface area contributed by atoms with Crippen molar-refractivity contribution in [3.63, 3.8) is 0 Å². The SMILES string of the molecule is CC(=O)N1CC[C@H](C(=O)N(C)[C@H](C(N)=O)C(C)C)C1. The van der Waals surface area contributed by atoms with E-state index in [1.807, 2.05) is 13.8 Å². The van der Waals surface area contributed by atoms with Gasteiger partial charge < -0.3 is 15.5 Å². The van der Waals surface area contributed by atoms with Crippen LogP contribution in [0.4, 0.5) is 0 Å². The Hall–Kier alpha value is -1.59. The Kier molecular flexibility index (Phi) is 4.91. The Labute approximate surface area is 113 Å². The van der Waals surface area contributed by atoms with E-state index in [0.29, 0.717) is 19.5 Å². The molecule has 2 atom stereocenters. The summed E-state index contributed by atoms with van der Waals surface area (Å²) in [6.45, 7) is 6.24. The van der Waals surface area contributed by atoms with Crippen molar-refractivity contribution in [3.8, 4) is 0 Å². The van der Waals surface area contributed by atoms with Gasteiger partial charge in [-0.2, -0.15) is 0 Å². The van der Waals surface area contributed by atoms with Gasteiger partial charge in [0.1, 0.15) is 6.04 Å². The van der Waals surface area contributed by atoms with E-state index >= 15 is 0 Å². The van der Waals surface area contributed by atoms with Gasteiger partial charge in [0.2, 0.25) is 17.7 Å². The van der Waals surface area contributed by atoms with Crippen LogP contribution in [0.25, 0.3) is 0 Å². The third kappa shape index (κ3) is 3.45. The van der Waals surface area contributed by atoms with E-state index in [9.17, 15) is 14.4 Å². The standard InChI is InChI=1S/C13H23N3O3/c1-8(2)11(12(14)18)15(4)13(19)10-5-6-16(7-10)9(3)17/h8,10-11H,5-7H2,1-4H3,(H2,14,18)/t10-,11-/m0/s1. The minimum Gasteiger partial charge on any atom is -0.368 e. The van der Waals surface area contributed by atoms with E-state index in [2.05, 4.69) is 0 Å². The molecule has 0 unspecified atom stereocenters. The van der Waals surface area contributed by atoms with Crippen LogP contribution in [0, 0.1) is 11.8 Å². The molecular weight excluding hydrogens is 246 g/mol. The van der Waals surface area contributed by atoms with Crippen LogP contribution in [0.3, 0.4) is 0 Å². The molecule has 1 rings (SSSR count). The molecule has 1 aliphatic rings. The highest BCUT2D eigenvalue weighted by molar-refractivity contribution is 5.88. The zero-order chi connectivity index (χ0) is 14.7. The van der Waals surface area contributed by atoms with E-state index in [1.54, 1.807) is 11.9 Å². The maximum absolute atomic E-state index is 12.3. The fraction of sp³-hybridized carbons (Fsp3) is 0.769. The third-order valence-corrected chi connectivity index (χ3v) is 3.67. The molecule has 0 aromatic rings. The number of likely N-dealkylation sites (tertiary alicyclic amines) is 1. The molecule has 1 heterocycles. The minimum atomic E-state index is -0.598. The first kappa shape index (κ1) is 15.5. The average Bonchev–Trinajstić information content (AvgIpc) is 2.75. The van der Waals surface area contributed by atoms with Gasteiger partial charge in [0.25, 0.3) is 0 Å². The van der Waals surface area contributed by atoms with E-state index in [1.165, 1.54) is 11.8 Å². The molecule has 1 saturated heterocycles. The van der Waals surface area contributed by atoms with Crippen LogP contribution < -0.4 is 5.73 Å². The van der Waals surface area contributed by atoms with Gasteiger partial charge >= 0.3 is 0 Å². The van der Waals surface area contributed by atoms with Gasteiger partial charge in [0.15, 0.2) is 0 Å². The Bertz CT molecular complexity index is 381. The van der Waals surface area contributed by atoms with Crippen molar-refractivity contribution in [1.82, 2.24) is 9.80 Å². The second-order valence-electron chi connectivity index (χ2n) is 5.49. The number of hydrogen-bond acceptors (Lipinski definition) is 3. The Balaban J connectivity index is 2.72. The Morgan fingerprint density at radius 1 is 1.32 bits per heavy atom. The largest absolute Gasteiger partial charge is 0.368 e. The summed E-state index contributed by atoms with van der Waals surface area (Å²) in [5.74, 6) is -0.881. The maximum Gasteiger partial charge on any atom is 0.240 e. The number of amides is 3. The summed E-state index contributed by atoms with van der Waals surface area (Å²) in [7, 11) is 1.61. The van der Waals surface area contributed by atoms with Crippen molar-refractivity contribution in [2.24, 2.45) is 17.6 Å². The fourth-order valence-corrected chi connectivity index (χ4v) is 2.64. The molecule has 1 fully saturated rings. The lowest BCUT2D eigenvalue weighted by Gasteiger charge is -2.30. The van der Waals surface area contributed by atoms with Crippen LogP contribution in [0.1, 0.15) is 27.2 Å². The zero-order valence-electron chi connectivity index (χ0n) is 12.0. The number of rotatable bonds is 4. The van der Waals surface area contributed by atoms with Crippen molar-refractivity contribution in [3.05, 3.63) is 0 Å². The first-order valence-corrected chi connectivity index (χ1v) is 6.57. The molecule has 6 heteroatoms. The number of carbonyl (C=O) groups excluding carboxylic acids is 3. The maximum atomic E-state index is 12.3. The average molecular weight is 269 g/mol. The lowest BCUT2D eigenvalue weighted by molar-refractivity contribution is -0.142. The third-order valence-electron chi connectivity index (χ3n) is 3.67. The van der Waals surface area contributed by atoms with Crippen molar-refractivity contribution >= 4 is 17.7 Å². The molecule has 108 valence electrons. The van der Waals surface area contributed by atoms with E-state index in [4.69, 9.17) is 5.73 Å². The predicted octanol–water partition coefficient (Wildman–Crippen LogP) is -0.177. The second-order valence-corrected chi connectivity index (χ2v) is 5.49. The van der Waals surface area contributed by atoms with Gasteiger partial charge in [0, 0.05) is 27.1 Å². The fourth-order valence-electron chi connectivity index (χ4n) is 2.64. The van der Waals surface area contributed by atoms with E-state index < -0.39 is 11.9 Å². The first-order chi connectivity index (χ1) is 8.75. The van der Waals surface area contributed by atoms with Crippen LogP contribution in [0.2, 0.25) is 0 Å². The summed E-state index contributed by atoms with van der Waals surface area (Å²) in [5, 5.41) is 0. The molecule has 0 spiro atoms. The Morgan fingerprint density at radius 2 is 1.89 bits per heavy atom. The highest BCUT2D eigenvalue weighted by Gasteiger charge is 2.35. The van der Waals surface area contributed by atoms with E-state index in [0.717, 1.165) is 0 Å². The summed E-state index contributed by atoms with van der Waals surface area (Å²) in [6, 6.07) is -0.598. The second kappa shape index (κ2) is 6.04. The van der Waals surface area contributed by atoms with Gasteiger partial charge in [-0.15, -0.1) is 0 Å². The van der Waals surface area contributed by atoms with Gasteiger partial charge in [-0.25, -0.2) is 0 Å². The number of hydrogen-bond donors (Lipinski definition) is 1. The smallest absolute Gasteiger partial charge is 0.240 e. The van der Waals surface area contributed by atoms with Crippen LogP contribution in [0.15, 0.2) is 0 Å². The predicted molar refractivity (Wildman–Crippen MR) is 71.0 cm³/mol. The molecule has 0 bridgehead atoms. The van der Waals surface area contributed by atoms with Crippen molar-refractivity contribution < 1.29 is 14.4 Å². The number of primary amides is 1. The van der Waals surface area contributed by atoms with Crippen molar-refractivity contribution in [2.75, 3.05) is 20.1 Å². The van der Waals surface area contributed by atoms with Crippen LogP contribution in [-0.4, -0.2) is 53.7 Å². The van der Waals surface area contributed by atoms with Gasteiger partial charge in [-0.1, -0.05) is 13.8 Å². The minimum absolute atomic E-state index is 0.0201. The van der Waals surface area contributed by atoms with Crippen LogP contribution in [0.5, 0.6) is 0 Å². The molecule has 0 saturated carbocycles. The number of likely N-dealkylation sites (N-methyl/N-ethyl adjacent to an activating group) is 1. The molecular formula is C13H23N3O3. The first-order valence-electron chi connectivity index (χ1n) is 6.57. The lowest BCUT2D eigenvalue weighted by atomic mass is 9.99. The highest BCUT2D eigenvalue weighted by atomic mass is 16.2. The quantitative estimate of drug-likeness (QED) is 0.768.